The standard InChI is InChI=1S/C24H21N3O4/c1-2-17-10-6-11-19(14-17)26-22(28)16-25-23(29)20(15-18-8-4-3-5-9-18)27-24(30)21-12-7-13-31-21/h1,3-14,20H,15-16H2,(H,25,29)(H,26,28)(H,27,30). The zero-order chi connectivity index (χ0) is 22.1. The Morgan fingerprint density at radius 2 is 1.81 bits per heavy atom. The molecule has 0 aliphatic heterocycles. The van der Waals surface area contributed by atoms with E-state index in [-0.39, 0.29) is 18.7 Å². The Kier molecular flexibility index (Phi) is 7.22. The fourth-order valence-electron chi connectivity index (χ4n) is 2.88. The predicted octanol–water partition coefficient (Wildman–Crippen LogP) is 2.36. The number of benzene rings is 2. The van der Waals surface area contributed by atoms with Gasteiger partial charge in [0.1, 0.15) is 6.04 Å². The van der Waals surface area contributed by atoms with Crippen molar-refractivity contribution in [2.75, 3.05) is 11.9 Å². The monoisotopic (exact) mass is 415 g/mol. The topological polar surface area (TPSA) is 100 Å². The molecule has 0 fully saturated rings. The van der Waals surface area contributed by atoms with Crippen LogP contribution in [0.5, 0.6) is 0 Å². The van der Waals surface area contributed by atoms with Crippen molar-refractivity contribution in [3.63, 3.8) is 0 Å². The van der Waals surface area contributed by atoms with Crippen LogP contribution in [0, 0.1) is 12.3 Å². The van der Waals surface area contributed by atoms with Crippen molar-refractivity contribution in [3.8, 4) is 12.3 Å². The Balaban J connectivity index is 1.62. The van der Waals surface area contributed by atoms with Gasteiger partial charge in [-0.15, -0.1) is 6.42 Å². The van der Waals surface area contributed by atoms with Crippen molar-refractivity contribution < 1.29 is 18.8 Å². The molecule has 1 heterocycles. The Morgan fingerprint density at radius 3 is 2.52 bits per heavy atom. The molecule has 7 heteroatoms. The molecular formula is C24H21N3O4. The van der Waals surface area contributed by atoms with Crippen molar-refractivity contribution in [1.29, 1.82) is 0 Å². The summed E-state index contributed by atoms with van der Waals surface area (Å²) in [5, 5.41) is 7.90. The summed E-state index contributed by atoms with van der Waals surface area (Å²) < 4.78 is 5.09. The van der Waals surface area contributed by atoms with Gasteiger partial charge in [0.05, 0.1) is 12.8 Å². The molecule has 1 aromatic heterocycles. The normalized spacial score (nSPS) is 11.1. The number of nitrogens with one attached hydrogen (secondary N) is 3. The van der Waals surface area contributed by atoms with Crippen LogP contribution in [0.4, 0.5) is 5.69 Å². The first-order valence-electron chi connectivity index (χ1n) is 9.57. The van der Waals surface area contributed by atoms with Crippen LogP contribution in [0.25, 0.3) is 0 Å². The molecule has 1 unspecified atom stereocenters. The van der Waals surface area contributed by atoms with Crippen molar-refractivity contribution in [3.05, 3.63) is 89.9 Å². The van der Waals surface area contributed by atoms with Crippen LogP contribution in [0.1, 0.15) is 21.7 Å². The van der Waals surface area contributed by atoms with Gasteiger partial charge in [0, 0.05) is 17.7 Å². The summed E-state index contributed by atoms with van der Waals surface area (Å²) in [6.07, 6.45) is 6.99. The average Bonchev–Trinajstić information content (AvgIpc) is 3.33. The van der Waals surface area contributed by atoms with E-state index in [9.17, 15) is 14.4 Å². The lowest BCUT2D eigenvalue weighted by molar-refractivity contribution is -0.125. The quantitative estimate of drug-likeness (QED) is 0.492. The van der Waals surface area contributed by atoms with Gasteiger partial charge in [0.15, 0.2) is 5.76 Å². The van der Waals surface area contributed by atoms with E-state index in [2.05, 4.69) is 21.9 Å². The second-order valence-corrected chi connectivity index (χ2v) is 6.68. The van der Waals surface area contributed by atoms with E-state index < -0.39 is 23.8 Å². The molecule has 0 saturated carbocycles. The van der Waals surface area contributed by atoms with E-state index in [1.54, 1.807) is 30.3 Å². The van der Waals surface area contributed by atoms with Crippen LogP contribution in [0.2, 0.25) is 0 Å². The molecule has 0 bridgehead atoms. The Morgan fingerprint density at radius 1 is 1.00 bits per heavy atom. The van der Waals surface area contributed by atoms with E-state index in [0.29, 0.717) is 11.3 Å². The van der Waals surface area contributed by atoms with Crippen LogP contribution < -0.4 is 16.0 Å². The SMILES string of the molecule is C#Cc1cccc(NC(=O)CNC(=O)C(Cc2ccccc2)NC(=O)c2ccco2)c1. The zero-order valence-corrected chi connectivity index (χ0v) is 16.6. The van der Waals surface area contributed by atoms with Crippen LogP contribution in [0.15, 0.2) is 77.4 Å². The third-order valence-corrected chi connectivity index (χ3v) is 4.39. The average molecular weight is 415 g/mol. The van der Waals surface area contributed by atoms with E-state index in [0.717, 1.165) is 5.56 Å². The molecule has 0 radical (unpaired) electrons. The third-order valence-electron chi connectivity index (χ3n) is 4.39. The molecule has 31 heavy (non-hydrogen) atoms. The van der Waals surface area contributed by atoms with Crippen molar-refractivity contribution >= 4 is 23.4 Å². The lowest BCUT2D eigenvalue weighted by atomic mass is 10.1. The summed E-state index contributed by atoms with van der Waals surface area (Å²) >= 11 is 0. The van der Waals surface area contributed by atoms with E-state index in [1.165, 1.54) is 12.3 Å². The first kappa shape index (κ1) is 21.4. The van der Waals surface area contributed by atoms with Gasteiger partial charge in [0.2, 0.25) is 11.8 Å². The minimum absolute atomic E-state index is 0.0944. The van der Waals surface area contributed by atoms with E-state index in [1.807, 2.05) is 30.3 Å². The fraction of sp³-hybridized carbons (Fsp3) is 0.125. The van der Waals surface area contributed by atoms with E-state index >= 15 is 0 Å². The van der Waals surface area contributed by atoms with Crippen molar-refractivity contribution in [1.82, 2.24) is 10.6 Å². The molecular weight excluding hydrogens is 394 g/mol. The first-order chi connectivity index (χ1) is 15.0. The molecule has 7 nitrogen and oxygen atoms in total. The number of hydrogen-bond donors (Lipinski definition) is 3. The molecule has 0 saturated heterocycles. The number of amides is 3. The number of rotatable bonds is 8. The van der Waals surface area contributed by atoms with E-state index in [4.69, 9.17) is 10.8 Å². The lowest BCUT2D eigenvalue weighted by Gasteiger charge is -2.18. The maximum absolute atomic E-state index is 12.7. The molecule has 1 atom stereocenters. The summed E-state index contributed by atoms with van der Waals surface area (Å²) in [4.78, 5) is 37.3. The zero-order valence-electron chi connectivity index (χ0n) is 16.6. The highest BCUT2D eigenvalue weighted by Gasteiger charge is 2.23. The number of terminal acetylenes is 1. The van der Waals surface area contributed by atoms with Gasteiger partial charge in [-0.25, -0.2) is 0 Å². The third kappa shape index (κ3) is 6.34. The fourth-order valence-corrected chi connectivity index (χ4v) is 2.88. The van der Waals surface area contributed by atoms with Crippen LogP contribution in [-0.2, 0) is 16.0 Å². The molecule has 0 spiro atoms. The number of anilines is 1. The number of hydrogen-bond acceptors (Lipinski definition) is 4. The van der Waals surface area contributed by atoms with Crippen LogP contribution in [0.3, 0.4) is 0 Å². The van der Waals surface area contributed by atoms with Crippen LogP contribution in [-0.4, -0.2) is 30.3 Å². The predicted molar refractivity (Wildman–Crippen MR) is 116 cm³/mol. The highest BCUT2D eigenvalue weighted by molar-refractivity contribution is 5.98. The van der Waals surface area contributed by atoms with Gasteiger partial charge in [-0.1, -0.05) is 42.3 Å². The second kappa shape index (κ2) is 10.5. The summed E-state index contributed by atoms with van der Waals surface area (Å²) in [5.74, 6) is 1.16. The minimum Gasteiger partial charge on any atom is -0.459 e. The Hall–Kier alpha value is -4.31. The molecule has 156 valence electrons. The summed E-state index contributed by atoms with van der Waals surface area (Å²) in [5.41, 5.74) is 2.02. The summed E-state index contributed by atoms with van der Waals surface area (Å²) in [6.45, 7) is -0.263. The van der Waals surface area contributed by atoms with Crippen molar-refractivity contribution in [2.24, 2.45) is 0 Å². The second-order valence-electron chi connectivity index (χ2n) is 6.68. The largest absolute Gasteiger partial charge is 0.459 e. The van der Waals surface area contributed by atoms with Gasteiger partial charge < -0.3 is 20.4 Å². The smallest absolute Gasteiger partial charge is 0.287 e. The highest BCUT2D eigenvalue weighted by atomic mass is 16.3. The summed E-state index contributed by atoms with van der Waals surface area (Å²) in [7, 11) is 0. The maximum atomic E-state index is 12.7. The van der Waals surface area contributed by atoms with Crippen LogP contribution >= 0.6 is 0 Å². The summed E-state index contributed by atoms with van der Waals surface area (Å²) in [6, 6.07) is 18.3. The highest BCUT2D eigenvalue weighted by Crippen LogP contribution is 2.09. The maximum Gasteiger partial charge on any atom is 0.287 e. The van der Waals surface area contributed by atoms with Gasteiger partial charge in [-0.3, -0.25) is 14.4 Å². The number of furan rings is 1. The van der Waals surface area contributed by atoms with Gasteiger partial charge in [-0.05, 0) is 35.9 Å². The van der Waals surface area contributed by atoms with Crippen molar-refractivity contribution in [2.45, 2.75) is 12.5 Å². The number of carbonyl (C=O) groups excluding carboxylic acids is 3. The molecule has 2 aromatic carbocycles. The van der Waals surface area contributed by atoms with Gasteiger partial charge in [0.25, 0.3) is 5.91 Å². The lowest BCUT2D eigenvalue weighted by Crippen LogP contribution is -2.49. The Bertz CT molecular complexity index is 1090. The Labute approximate surface area is 179 Å². The van der Waals surface area contributed by atoms with Gasteiger partial charge >= 0.3 is 0 Å². The van der Waals surface area contributed by atoms with Gasteiger partial charge in [-0.2, -0.15) is 0 Å². The molecule has 3 N–H and O–H groups in total. The minimum atomic E-state index is -0.891. The molecule has 3 rings (SSSR count). The molecule has 0 aliphatic carbocycles. The molecule has 3 aromatic rings. The number of carbonyl (C=O) groups is 3. The first-order valence-corrected chi connectivity index (χ1v) is 9.57. The molecule has 0 aliphatic rings. The molecule has 3 amide bonds.